The van der Waals surface area contributed by atoms with Crippen LogP contribution in [-0.2, 0) is 24.8 Å². The second-order valence-corrected chi connectivity index (χ2v) is 9.69. The van der Waals surface area contributed by atoms with Crippen molar-refractivity contribution in [2.24, 2.45) is 0 Å². The van der Waals surface area contributed by atoms with Gasteiger partial charge in [0.25, 0.3) is 0 Å². The fourth-order valence-electron chi connectivity index (χ4n) is 2.63. The third kappa shape index (κ3) is 4.38. The monoisotopic (exact) mass is 390 g/mol. The van der Waals surface area contributed by atoms with Crippen molar-refractivity contribution in [3.05, 3.63) is 23.8 Å². The molecule has 1 aromatic rings. The number of carboxylic acids is 1. The van der Waals surface area contributed by atoms with E-state index in [1.165, 1.54) is 30.3 Å². The van der Waals surface area contributed by atoms with Crippen LogP contribution < -0.4 is 4.72 Å². The first-order valence-corrected chi connectivity index (χ1v) is 10.8. The standard InChI is InChI=1S/C15H22N2O6S2/c1-11-6-7-13(25(22,23)17-8-4-3-5-9-17)10-14(11)24(20,21)16-12(2)15(18)19/h6-7,10,12,16H,3-5,8-9H2,1-2H3,(H,18,19)/t12-/m1/s1. The highest BCUT2D eigenvalue weighted by molar-refractivity contribution is 7.90. The maximum Gasteiger partial charge on any atom is 0.321 e. The molecule has 1 aliphatic rings. The number of sulfonamides is 2. The molecule has 2 N–H and O–H groups in total. The van der Waals surface area contributed by atoms with Crippen LogP contribution in [0.25, 0.3) is 0 Å². The molecular formula is C15H22N2O6S2. The van der Waals surface area contributed by atoms with E-state index in [9.17, 15) is 21.6 Å². The van der Waals surface area contributed by atoms with Gasteiger partial charge in [0.2, 0.25) is 20.0 Å². The minimum absolute atomic E-state index is 0.108. The third-order valence-electron chi connectivity index (χ3n) is 4.10. The lowest BCUT2D eigenvalue weighted by atomic mass is 10.2. The van der Waals surface area contributed by atoms with Crippen molar-refractivity contribution in [1.82, 2.24) is 9.03 Å². The molecule has 0 radical (unpaired) electrons. The average molecular weight is 390 g/mol. The molecule has 0 unspecified atom stereocenters. The van der Waals surface area contributed by atoms with Crippen LogP contribution in [0.1, 0.15) is 31.7 Å². The number of hydrogen-bond acceptors (Lipinski definition) is 5. The molecule has 140 valence electrons. The molecule has 0 saturated carbocycles. The molecule has 1 fully saturated rings. The van der Waals surface area contributed by atoms with Gasteiger partial charge in [-0.25, -0.2) is 16.8 Å². The Balaban J connectivity index is 2.42. The molecule has 0 spiro atoms. The molecule has 1 atom stereocenters. The maximum absolute atomic E-state index is 12.7. The van der Waals surface area contributed by atoms with Crippen molar-refractivity contribution >= 4 is 26.0 Å². The van der Waals surface area contributed by atoms with Crippen LogP contribution in [0, 0.1) is 6.92 Å². The average Bonchev–Trinajstić information content (AvgIpc) is 2.55. The number of aliphatic carboxylic acids is 1. The number of nitrogens with zero attached hydrogens (tertiary/aromatic N) is 1. The lowest BCUT2D eigenvalue weighted by Crippen LogP contribution is -2.39. The molecule has 8 nitrogen and oxygen atoms in total. The smallest absolute Gasteiger partial charge is 0.321 e. The normalized spacial score (nSPS) is 18.0. The van der Waals surface area contributed by atoms with Gasteiger partial charge >= 0.3 is 5.97 Å². The van der Waals surface area contributed by atoms with Crippen LogP contribution in [0.3, 0.4) is 0 Å². The summed E-state index contributed by atoms with van der Waals surface area (Å²) in [5.41, 5.74) is 0.336. The fourth-order valence-corrected chi connectivity index (χ4v) is 5.72. The van der Waals surface area contributed by atoms with Gasteiger partial charge in [-0.2, -0.15) is 9.03 Å². The van der Waals surface area contributed by atoms with Crippen LogP contribution in [0.2, 0.25) is 0 Å². The summed E-state index contributed by atoms with van der Waals surface area (Å²) in [6.07, 6.45) is 2.51. The second kappa shape index (κ2) is 7.40. The van der Waals surface area contributed by atoms with Crippen molar-refractivity contribution < 1.29 is 26.7 Å². The lowest BCUT2D eigenvalue weighted by Gasteiger charge is -2.26. The molecule has 25 heavy (non-hydrogen) atoms. The van der Waals surface area contributed by atoms with Gasteiger partial charge < -0.3 is 5.11 Å². The van der Waals surface area contributed by atoms with Gasteiger partial charge in [-0.3, -0.25) is 4.79 Å². The van der Waals surface area contributed by atoms with E-state index in [-0.39, 0.29) is 9.79 Å². The van der Waals surface area contributed by atoms with Gasteiger partial charge in [0.05, 0.1) is 9.79 Å². The zero-order valence-corrected chi connectivity index (χ0v) is 15.7. The summed E-state index contributed by atoms with van der Waals surface area (Å²) in [5.74, 6) is -1.32. The molecule has 10 heteroatoms. The van der Waals surface area contributed by atoms with Gasteiger partial charge in [0.1, 0.15) is 6.04 Å². The number of benzene rings is 1. The molecule has 0 aromatic heterocycles. The van der Waals surface area contributed by atoms with Gasteiger partial charge in [0, 0.05) is 13.1 Å². The number of hydrogen-bond donors (Lipinski definition) is 2. The van der Waals surface area contributed by atoms with E-state index in [1.54, 1.807) is 0 Å². The van der Waals surface area contributed by atoms with Crippen LogP contribution in [0.5, 0.6) is 0 Å². The molecule has 1 aromatic carbocycles. The van der Waals surface area contributed by atoms with E-state index in [1.807, 2.05) is 4.72 Å². The molecule has 1 heterocycles. The van der Waals surface area contributed by atoms with Gasteiger partial charge in [0.15, 0.2) is 0 Å². The van der Waals surface area contributed by atoms with Crippen molar-refractivity contribution in [1.29, 1.82) is 0 Å². The van der Waals surface area contributed by atoms with Gasteiger partial charge in [-0.15, -0.1) is 0 Å². The van der Waals surface area contributed by atoms with E-state index >= 15 is 0 Å². The SMILES string of the molecule is Cc1ccc(S(=O)(=O)N2CCCCC2)cc1S(=O)(=O)N[C@H](C)C(=O)O. The highest BCUT2D eigenvalue weighted by Gasteiger charge is 2.29. The summed E-state index contributed by atoms with van der Waals surface area (Å²) in [6.45, 7) is 3.54. The van der Waals surface area contributed by atoms with E-state index in [4.69, 9.17) is 5.11 Å². The summed E-state index contributed by atoms with van der Waals surface area (Å²) in [6, 6.07) is 2.55. The Morgan fingerprint density at radius 2 is 1.76 bits per heavy atom. The predicted octanol–water partition coefficient (Wildman–Crippen LogP) is 0.921. The second-order valence-electron chi connectivity index (χ2n) is 6.07. The largest absolute Gasteiger partial charge is 0.480 e. The lowest BCUT2D eigenvalue weighted by molar-refractivity contribution is -0.138. The number of aryl methyl sites for hydroxylation is 1. The summed E-state index contributed by atoms with van der Waals surface area (Å²) >= 11 is 0. The Labute approximate surface area is 147 Å². The van der Waals surface area contributed by atoms with Crippen molar-refractivity contribution in [3.63, 3.8) is 0 Å². The van der Waals surface area contributed by atoms with Gasteiger partial charge in [-0.1, -0.05) is 12.5 Å². The molecule has 2 rings (SSSR count). The van der Waals surface area contributed by atoms with E-state index in [0.717, 1.165) is 25.3 Å². The Morgan fingerprint density at radius 3 is 2.32 bits per heavy atom. The van der Waals surface area contributed by atoms with Crippen molar-refractivity contribution in [2.75, 3.05) is 13.1 Å². The first kappa shape index (κ1) is 19.8. The zero-order chi connectivity index (χ0) is 18.8. The fraction of sp³-hybridized carbons (Fsp3) is 0.533. The topological polar surface area (TPSA) is 121 Å². The summed E-state index contributed by atoms with van der Waals surface area (Å²) in [4.78, 5) is 10.6. The van der Waals surface area contributed by atoms with Crippen LogP contribution in [-0.4, -0.2) is 51.3 Å². The molecule has 1 aliphatic heterocycles. The zero-order valence-electron chi connectivity index (χ0n) is 14.1. The first-order valence-electron chi connectivity index (χ1n) is 7.91. The minimum atomic E-state index is -4.16. The maximum atomic E-state index is 12.7. The number of carbonyl (C=O) groups is 1. The molecule has 0 aliphatic carbocycles. The Kier molecular flexibility index (Phi) is 5.87. The molecule has 0 bridgehead atoms. The highest BCUT2D eigenvalue weighted by Crippen LogP contribution is 2.25. The van der Waals surface area contributed by atoms with E-state index < -0.39 is 32.1 Å². The van der Waals surface area contributed by atoms with Crippen molar-refractivity contribution in [2.45, 2.75) is 48.9 Å². The Hall–Kier alpha value is -1.49. The van der Waals surface area contributed by atoms with Crippen molar-refractivity contribution in [3.8, 4) is 0 Å². The quantitative estimate of drug-likeness (QED) is 0.745. The molecule has 0 amide bonds. The van der Waals surface area contributed by atoms with E-state index in [0.29, 0.717) is 18.7 Å². The third-order valence-corrected chi connectivity index (χ3v) is 7.68. The highest BCUT2D eigenvalue weighted by atomic mass is 32.2. The Morgan fingerprint density at radius 1 is 1.16 bits per heavy atom. The summed E-state index contributed by atoms with van der Waals surface area (Å²) in [5, 5.41) is 8.89. The Bertz CT molecular complexity index is 858. The number of piperidine rings is 1. The predicted molar refractivity (Wildman–Crippen MR) is 91.2 cm³/mol. The molecular weight excluding hydrogens is 368 g/mol. The minimum Gasteiger partial charge on any atom is -0.480 e. The number of nitrogens with one attached hydrogen (secondary N) is 1. The number of rotatable bonds is 6. The first-order chi connectivity index (χ1) is 11.6. The van der Waals surface area contributed by atoms with Crippen LogP contribution in [0.4, 0.5) is 0 Å². The van der Waals surface area contributed by atoms with E-state index in [2.05, 4.69) is 0 Å². The number of carboxylic acid groups (broad SMARTS) is 1. The summed E-state index contributed by atoms with van der Waals surface area (Å²) in [7, 11) is -7.94. The molecule has 1 saturated heterocycles. The van der Waals surface area contributed by atoms with Crippen LogP contribution in [0.15, 0.2) is 28.0 Å². The summed E-state index contributed by atoms with van der Waals surface area (Å²) < 4.78 is 53.7. The van der Waals surface area contributed by atoms with Gasteiger partial charge in [-0.05, 0) is 44.4 Å². The van der Waals surface area contributed by atoms with Crippen LogP contribution >= 0.6 is 0 Å².